The van der Waals surface area contributed by atoms with E-state index in [1.165, 1.54) is 0 Å². The van der Waals surface area contributed by atoms with E-state index in [4.69, 9.17) is 5.73 Å². The van der Waals surface area contributed by atoms with E-state index in [0.29, 0.717) is 6.54 Å². The second-order valence-electron chi connectivity index (χ2n) is 1.87. The highest BCUT2D eigenvalue weighted by molar-refractivity contribution is 5.80. The molecule has 0 aromatic carbocycles. The molecule has 0 saturated heterocycles. The summed E-state index contributed by atoms with van der Waals surface area (Å²) < 4.78 is 0. The van der Waals surface area contributed by atoms with E-state index in [1.54, 1.807) is 0 Å². The van der Waals surface area contributed by atoms with Crippen molar-refractivity contribution in [2.75, 3.05) is 13.1 Å². The van der Waals surface area contributed by atoms with Gasteiger partial charge in [0, 0.05) is 12.8 Å². The summed E-state index contributed by atoms with van der Waals surface area (Å²) in [4.78, 5) is 4.06. The monoisotopic (exact) mass is 122 g/mol. The molecule has 48 valence electrons. The summed E-state index contributed by atoms with van der Waals surface area (Å²) >= 11 is 0. The molecule has 1 rings (SSSR count). The van der Waals surface area contributed by atoms with E-state index >= 15 is 0 Å². The largest absolute Gasteiger partial charge is 0.326 e. The summed E-state index contributed by atoms with van der Waals surface area (Å²) in [5.74, 6) is 0. The second kappa shape index (κ2) is 3.20. The standard InChI is InChI=1S/C7H10N2/c8-5-7-3-1-2-4-9-6-7/h1-3,6H,4-5,8H2. The van der Waals surface area contributed by atoms with Crippen LogP contribution in [-0.2, 0) is 0 Å². The van der Waals surface area contributed by atoms with Crippen molar-refractivity contribution in [1.29, 1.82) is 0 Å². The zero-order valence-corrected chi connectivity index (χ0v) is 5.25. The Labute approximate surface area is 54.8 Å². The third-order valence-electron chi connectivity index (χ3n) is 1.15. The molecule has 1 aliphatic rings. The van der Waals surface area contributed by atoms with Crippen LogP contribution in [-0.4, -0.2) is 19.3 Å². The molecule has 0 bridgehead atoms. The number of allylic oxidation sites excluding steroid dienone is 2. The first-order valence-corrected chi connectivity index (χ1v) is 2.99. The third-order valence-corrected chi connectivity index (χ3v) is 1.15. The molecule has 2 heteroatoms. The Kier molecular flexibility index (Phi) is 2.22. The lowest BCUT2D eigenvalue weighted by Crippen LogP contribution is -2.03. The van der Waals surface area contributed by atoms with Gasteiger partial charge < -0.3 is 5.73 Å². The minimum absolute atomic E-state index is 0.577. The van der Waals surface area contributed by atoms with Crippen molar-refractivity contribution in [1.82, 2.24) is 0 Å². The first kappa shape index (κ1) is 6.23. The Morgan fingerprint density at radius 2 is 2.56 bits per heavy atom. The Hall–Kier alpha value is -0.890. The van der Waals surface area contributed by atoms with Crippen molar-refractivity contribution in [3.05, 3.63) is 23.8 Å². The van der Waals surface area contributed by atoms with E-state index in [1.807, 2.05) is 24.4 Å². The molecule has 0 atom stereocenters. The van der Waals surface area contributed by atoms with Gasteiger partial charge in [0.1, 0.15) is 0 Å². The minimum Gasteiger partial charge on any atom is -0.326 e. The highest BCUT2D eigenvalue weighted by atomic mass is 14.7. The van der Waals surface area contributed by atoms with Crippen LogP contribution in [0.25, 0.3) is 0 Å². The Bertz CT molecular complexity index is 166. The predicted octanol–water partition coefficient (Wildman–Crippen LogP) is 0.512. The van der Waals surface area contributed by atoms with E-state index in [0.717, 1.165) is 12.1 Å². The summed E-state index contributed by atoms with van der Waals surface area (Å²) in [6.45, 7) is 1.35. The molecule has 0 radical (unpaired) electrons. The molecular weight excluding hydrogens is 112 g/mol. The Balaban J connectivity index is 2.67. The van der Waals surface area contributed by atoms with Gasteiger partial charge in [-0.1, -0.05) is 18.2 Å². The van der Waals surface area contributed by atoms with Crippen molar-refractivity contribution in [3.63, 3.8) is 0 Å². The van der Waals surface area contributed by atoms with Gasteiger partial charge >= 0.3 is 0 Å². The molecule has 1 aliphatic heterocycles. The van der Waals surface area contributed by atoms with E-state index in [-0.39, 0.29) is 0 Å². The van der Waals surface area contributed by atoms with Gasteiger partial charge in [-0.05, 0) is 5.57 Å². The molecule has 0 amide bonds. The molecule has 1 heterocycles. The average molecular weight is 122 g/mol. The van der Waals surface area contributed by atoms with Crippen LogP contribution >= 0.6 is 0 Å². The second-order valence-corrected chi connectivity index (χ2v) is 1.87. The number of nitrogens with two attached hydrogens (primary N) is 1. The van der Waals surface area contributed by atoms with Gasteiger partial charge in [-0.15, -0.1) is 0 Å². The molecule has 0 aromatic heterocycles. The lowest BCUT2D eigenvalue weighted by Gasteiger charge is -1.89. The van der Waals surface area contributed by atoms with Crippen molar-refractivity contribution in [3.8, 4) is 0 Å². The summed E-state index contributed by atoms with van der Waals surface area (Å²) in [6.07, 6.45) is 7.78. The maximum atomic E-state index is 5.38. The predicted molar refractivity (Wildman–Crippen MR) is 39.6 cm³/mol. The summed E-state index contributed by atoms with van der Waals surface area (Å²) in [5, 5.41) is 0. The van der Waals surface area contributed by atoms with Gasteiger partial charge in [-0.3, -0.25) is 4.99 Å². The maximum absolute atomic E-state index is 5.38. The van der Waals surface area contributed by atoms with Crippen LogP contribution in [0.1, 0.15) is 0 Å². The van der Waals surface area contributed by atoms with Gasteiger partial charge in [0.2, 0.25) is 0 Å². The lowest BCUT2D eigenvalue weighted by molar-refractivity contribution is 1.20. The van der Waals surface area contributed by atoms with Crippen LogP contribution in [0.5, 0.6) is 0 Å². The van der Waals surface area contributed by atoms with E-state index in [2.05, 4.69) is 4.99 Å². The third kappa shape index (κ3) is 1.82. The van der Waals surface area contributed by atoms with Crippen molar-refractivity contribution < 1.29 is 0 Å². The van der Waals surface area contributed by atoms with Crippen molar-refractivity contribution in [2.24, 2.45) is 10.7 Å². The molecule has 2 nitrogen and oxygen atoms in total. The first-order valence-electron chi connectivity index (χ1n) is 2.99. The van der Waals surface area contributed by atoms with Crippen LogP contribution in [0, 0.1) is 0 Å². The van der Waals surface area contributed by atoms with Crippen LogP contribution < -0.4 is 5.73 Å². The van der Waals surface area contributed by atoms with Crippen molar-refractivity contribution in [2.45, 2.75) is 0 Å². The number of hydrogen-bond acceptors (Lipinski definition) is 2. The zero-order chi connectivity index (χ0) is 6.53. The molecule has 0 aliphatic carbocycles. The quantitative estimate of drug-likeness (QED) is 0.540. The molecular formula is C7H10N2. The number of hydrogen-bond donors (Lipinski definition) is 1. The summed E-state index contributed by atoms with van der Waals surface area (Å²) in [5.41, 5.74) is 6.47. The van der Waals surface area contributed by atoms with Crippen LogP contribution in [0.2, 0.25) is 0 Å². The molecule has 0 aromatic rings. The topological polar surface area (TPSA) is 38.4 Å². The van der Waals surface area contributed by atoms with Gasteiger partial charge in [0.05, 0.1) is 6.54 Å². The molecule has 0 spiro atoms. The SMILES string of the molecule is NCC1=CC=CCN=C1. The average Bonchev–Trinajstić information content (AvgIpc) is 2.13. The number of rotatable bonds is 1. The Morgan fingerprint density at radius 1 is 1.67 bits per heavy atom. The lowest BCUT2D eigenvalue weighted by atomic mass is 10.3. The molecule has 2 N–H and O–H groups in total. The zero-order valence-electron chi connectivity index (χ0n) is 5.25. The summed E-state index contributed by atoms with van der Waals surface area (Å²) in [6, 6.07) is 0. The van der Waals surface area contributed by atoms with Gasteiger partial charge in [0.25, 0.3) is 0 Å². The van der Waals surface area contributed by atoms with Gasteiger partial charge in [-0.2, -0.15) is 0 Å². The molecule has 0 saturated carbocycles. The van der Waals surface area contributed by atoms with Crippen LogP contribution in [0.3, 0.4) is 0 Å². The first-order chi connectivity index (χ1) is 4.43. The normalized spacial score (nSPS) is 17.2. The Morgan fingerprint density at radius 3 is 3.33 bits per heavy atom. The minimum atomic E-state index is 0.577. The van der Waals surface area contributed by atoms with E-state index < -0.39 is 0 Å². The fourth-order valence-electron chi connectivity index (χ4n) is 0.647. The molecule has 0 unspecified atom stereocenters. The maximum Gasteiger partial charge on any atom is 0.0573 e. The fourth-order valence-corrected chi connectivity index (χ4v) is 0.647. The van der Waals surface area contributed by atoms with Gasteiger partial charge in [-0.25, -0.2) is 0 Å². The van der Waals surface area contributed by atoms with Crippen molar-refractivity contribution >= 4 is 6.21 Å². The molecule has 9 heavy (non-hydrogen) atoms. The number of aliphatic imine (C=N–C) groups is 1. The van der Waals surface area contributed by atoms with Gasteiger partial charge in [0.15, 0.2) is 0 Å². The molecule has 0 fully saturated rings. The summed E-state index contributed by atoms with van der Waals surface area (Å²) in [7, 11) is 0. The fraction of sp³-hybridized carbons (Fsp3) is 0.286. The van der Waals surface area contributed by atoms with Crippen LogP contribution in [0.15, 0.2) is 28.8 Å². The number of nitrogens with zero attached hydrogens (tertiary/aromatic N) is 1. The highest BCUT2D eigenvalue weighted by Gasteiger charge is 1.87. The highest BCUT2D eigenvalue weighted by Crippen LogP contribution is 1.92. The van der Waals surface area contributed by atoms with E-state index in [9.17, 15) is 0 Å². The van der Waals surface area contributed by atoms with Crippen LogP contribution in [0.4, 0.5) is 0 Å². The smallest absolute Gasteiger partial charge is 0.0573 e.